The lowest BCUT2D eigenvalue weighted by Gasteiger charge is -2.40. The Bertz CT molecular complexity index is 545. The quantitative estimate of drug-likeness (QED) is 0.364. The normalized spacial score (nSPS) is 33.9. The first-order valence-electron chi connectivity index (χ1n) is 13.0. The van der Waals surface area contributed by atoms with Crippen molar-refractivity contribution in [3.8, 4) is 0 Å². The number of nitrogens with one attached hydrogen (secondary N) is 1. The first-order chi connectivity index (χ1) is 14.2. The summed E-state index contributed by atoms with van der Waals surface area (Å²) in [6.45, 7) is 14.0. The molecule has 2 fully saturated rings. The molecule has 2 saturated carbocycles. The largest absolute Gasteiger partial charge is 0.328 e. The van der Waals surface area contributed by atoms with Crippen molar-refractivity contribution in [3.05, 3.63) is 23.3 Å². The van der Waals surface area contributed by atoms with Crippen molar-refractivity contribution in [3.63, 3.8) is 0 Å². The molecule has 3 N–H and O–H groups in total. The monoisotopic (exact) mass is 416 g/mol. The Balaban J connectivity index is 1.66. The Morgan fingerprint density at radius 1 is 0.933 bits per heavy atom. The van der Waals surface area contributed by atoms with E-state index in [1.54, 1.807) is 5.57 Å². The van der Waals surface area contributed by atoms with Gasteiger partial charge < -0.3 is 11.1 Å². The maximum Gasteiger partial charge on any atom is 0.00722 e. The van der Waals surface area contributed by atoms with E-state index in [2.05, 4.69) is 59.0 Å². The molecule has 0 heterocycles. The average Bonchev–Trinajstić information content (AvgIpc) is 2.65. The Labute approximate surface area is 188 Å². The second-order valence-corrected chi connectivity index (χ2v) is 11.3. The highest BCUT2D eigenvalue weighted by Gasteiger charge is 2.33. The van der Waals surface area contributed by atoms with E-state index in [1.165, 1.54) is 76.2 Å². The molecule has 0 saturated heterocycles. The summed E-state index contributed by atoms with van der Waals surface area (Å²) >= 11 is 0. The highest BCUT2D eigenvalue weighted by molar-refractivity contribution is 5.02. The van der Waals surface area contributed by atoms with Crippen molar-refractivity contribution in [2.75, 3.05) is 0 Å². The van der Waals surface area contributed by atoms with E-state index in [-0.39, 0.29) is 0 Å². The molecule has 0 aromatic heterocycles. The van der Waals surface area contributed by atoms with Gasteiger partial charge in [-0.15, -0.1) is 0 Å². The highest BCUT2D eigenvalue weighted by atomic mass is 14.9. The molecular formula is C28H52N2. The van der Waals surface area contributed by atoms with Gasteiger partial charge in [0.25, 0.3) is 0 Å². The van der Waals surface area contributed by atoms with Crippen molar-refractivity contribution in [2.45, 2.75) is 130 Å². The summed E-state index contributed by atoms with van der Waals surface area (Å²) in [6, 6.07) is 1.82. The molecule has 0 spiro atoms. The highest BCUT2D eigenvalue weighted by Crippen LogP contribution is 2.40. The second kappa shape index (κ2) is 13.1. The van der Waals surface area contributed by atoms with Gasteiger partial charge in [0.1, 0.15) is 0 Å². The summed E-state index contributed by atoms with van der Waals surface area (Å²) in [6.07, 6.45) is 19.2. The van der Waals surface area contributed by atoms with Gasteiger partial charge in [0, 0.05) is 18.1 Å². The van der Waals surface area contributed by atoms with Gasteiger partial charge >= 0.3 is 0 Å². The lowest BCUT2D eigenvalue weighted by molar-refractivity contribution is 0.130. The topological polar surface area (TPSA) is 38.0 Å². The molecule has 174 valence electrons. The fraction of sp³-hybridized carbons (Fsp3) is 0.857. The lowest BCUT2D eigenvalue weighted by Crippen LogP contribution is -2.42. The summed E-state index contributed by atoms with van der Waals surface area (Å²) in [5.41, 5.74) is 9.16. The first-order valence-corrected chi connectivity index (χ1v) is 13.0. The predicted molar refractivity (Wildman–Crippen MR) is 134 cm³/mol. The smallest absolute Gasteiger partial charge is 0.00722 e. The van der Waals surface area contributed by atoms with Crippen molar-refractivity contribution in [1.29, 1.82) is 0 Å². The van der Waals surface area contributed by atoms with Gasteiger partial charge in [-0.25, -0.2) is 0 Å². The standard InChI is InChI=1S/C28H52N2/c1-20(2)9-7-10-21(3)11-8-12-24(6)30-28-16-14-26(23(5)18-28)19-25-13-15-27(29)17-22(25)4/h9,11,22-28,30H,7-8,10,12-19,29H2,1-6H3/b21-11+. The van der Waals surface area contributed by atoms with Crippen LogP contribution in [0.2, 0.25) is 0 Å². The molecule has 0 radical (unpaired) electrons. The van der Waals surface area contributed by atoms with E-state index in [9.17, 15) is 0 Å². The van der Waals surface area contributed by atoms with Gasteiger partial charge in [-0.2, -0.15) is 0 Å². The molecule has 2 rings (SSSR count). The molecule has 2 aliphatic rings. The van der Waals surface area contributed by atoms with Crippen LogP contribution < -0.4 is 11.1 Å². The Morgan fingerprint density at radius 3 is 2.23 bits per heavy atom. The van der Waals surface area contributed by atoms with Crippen LogP contribution in [-0.4, -0.2) is 18.1 Å². The summed E-state index contributed by atoms with van der Waals surface area (Å²) in [5.74, 6) is 3.55. The Kier molecular flexibility index (Phi) is 11.2. The maximum absolute atomic E-state index is 6.18. The van der Waals surface area contributed by atoms with E-state index < -0.39 is 0 Å². The minimum absolute atomic E-state index is 0.464. The van der Waals surface area contributed by atoms with Crippen LogP contribution in [-0.2, 0) is 0 Å². The number of hydrogen-bond acceptors (Lipinski definition) is 2. The minimum atomic E-state index is 0.464. The lowest BCUT2D eigenvalue weighted by atomic mass is 9.68. The van der Waals surface area contributed by atoms with Gasteiger partial charge in [0.15, 0.2) is 0 Å². The van der Waals surface area contributed by atoms with Crippen LogP contribution in [0.25, 0.3) is 0 Å². The van der Waals surface area contributed by atoms with Gasteiger partial charge in [0.05, 0.1) is 0 Å². The van der Waals surface area contributed by atoms with Crippen molar-refractivity contribution in [1.82, 2.24) is 5.32 Å². The summed E-state index contributed by atoms with van der Waals surface area (Å²) in [4.78, 5) is 0. The summed E-state index contributed by atoms with van der Waals surface area (Å²) in [7, 11) is 0. The Morgan fingerprint density at radius 2 is 1.60 bits per heavy atom. The number of allylic oxidation sites excluding steroid dienone is 4. The molecule has 30 heavy (non-hydrogen) atoms. The molecule has 0 aromatic carbocycles. The van der Waals surface area contributed by atoms with Crippen LogP contribution in [0.5, 0.6) is 0 Å². The first kappa shape index (κ1) is 25.7. The summed E-state index contributed by atoms with van der Waals surface area (Å²) < 4.78 is 0. The molecule has 0 aliphatic heterocycles. The van der Waals surface area contributed by atoms with E-state index >= 15 is 0 Å². The zero-order chi connectivity index (χ0) is 22.1. The second-order valence-electron chi connectivity index (χ2n) is 11.3. The Hall–Kier alpha value is -0.600. The van der Waals surface area contributed by atoms with Crippen LogP contribution in [0.1, 0.15) is 112 Å². The van der Waals surface area contributed by atoms with E-state index in [0.29, 0.717) is 12.1 Å². The van der Waals surface area contributed by atoms with Crippen LogP contribution in [0.4, 0.5) is 0 Å². The minimum Gasteiger partial charge on any atom is -0.328 e. The molecule has 2 aliphatic carbocycles. The predicted octanol–water partition coefficient (Wildman–Crippen LogP) is 7.40. The van der Waals surface area contributed by atoms with Crippen molar-refractivity contribution in [2.24, 2.45) is 29.4 Å². The maximum atomic E-state index is 6.18. The van der Waals surface area contributed by atoms with Gasteiger partial charge in [-0.05, 0) is 122 Å². The fourth-order valence-corrected chi connectivity index (χ4v) is 5.96. The number of nitrogens with two attached hydrogens (primary N) is 1. The molecule has 2 nitrogen and oxygen atoms in total. The van der Waals surface area contributed by atoms with Crippen LogP contribution in [0, 0.1) is 23.7 Å². The zero-order valence-electron chi connectivity index (χ0n) is 21.1. The molecule has 7 atom stereocenters. The third-order valence-corrected chi connectivity index (χ3v) is 8.04. The summed E-state index contributed by atoms with van der Waals surface area (Å²) in [5, 5.41) is 3.96. The van der Waals surface area contributed by atoms with E-state index in [4.69, 9.17) is 5.73 Å². The van der Waals surface area contributed by atoms with Crippen molar-refractivity contribution >= 4 is 0 Å². The molecule has 0 amide bonds. The zero-order valence-corrected chi connectivity index (χ0v) is 21.1. The molecular weight excluding hydrogens is 364 g/mol. The van der Waals surface area contributed by atoms with Crippen LogP contribution in [0.15, 0.2) is 23.3 Å². The molecule has 0 bridgehead atoms. The van der Waals surface area contributed by atoms with Gasteiger partial charge in [0.2, 0.25) is 0 Å². The average molecular weight is 417 g/mol. The van der Waals surface area contributed by atoms with Crippen LogP contribution >= 0.6 is 0 Å². The SMILES string of the molecule is CC(C)=CCC/C(C)=C/CCC(C)NC1CCC(CC2CCC(N)CC2C)C(C)C1. The van der Waals surface area contributed by atoms with Gasteiger partial charge in [-0.3, -0.25) is 0 Å². The van der Waals surface area contributed by atoms with E-state index in [1.807, 2.05) is 0 Å². The molecule has 2 heteroatoms. The van der Waals surface area contributed by atoms with E-state index in [0.717, 1.165) is 29.7 Å². The number of rotatable bonds is 10. The molecule has 0 aromatic rings. The van der Waals surface area contributed by atoms with Gasteiger partial charge in [-0.1, -0.05) is 37.1 Å². The molecule has 7 unspecified atom stereocenters. The number of hydrogen-bond donors (Lipinski definition) is 2. The van der Waals surface area contributed by atoms with Crippen molar-refractivity contribution < 1.29 is 0 Å². The fourth-order valence-electron chi connectivity index (χ4n) is 5.96. The third kappa shape index (κ3) is 9.27. The van der Waals surface area contributed by atoms with Crippen LogP contribution in [0.3, 0.4) is 0 Å². The third-order valence-electron chi connectivity index (χ3n) is 8.04.